The maximum atomic E-state index is 2.70. The first-order valence-electron chi connectivity index (χ1n) is 10.2. The molecule has 1 heteroatoms. The Morgan fingerprint density at radius 1 is 0.800 bits per heavy atom. The number of rotatable bonds is 7. The van der Waals surface area contributed by atoms with E-state index in [-0.39, 0.29) is 0 Å². The van der Waals surface area contributed by atoms with Crippen molar-refractivity contribution < 1.29 is 0 Å². The minimum absolute atomic E-state index is 0.400. The highest BCUT2D eigenvalue weighted by Gasteiger charge is 2.27. The van der Waals surface area contributed by atoms with Crippen LogP contribution in [0.5, 0.6) is 0 Å². The van der Waals surface area contributed by atoms with Gasteiger partial charge in [-0.1, -0.05) is 87.4 Å². The number of nitrogens with zero attached hydrogens (tertiary/aromatic N) is 1. The molecule has 1 heterocycles. The molecule has 2 aromatic rings. The van der Waals surface area contributed by atoms with Gasteiger partial charge in [0.15, 0.2) is 0 Å². The van der Waals surface area contributed by atoms with Crippen LogP contribution in [-0.4, -0.2) is 18.0 Å². The summed E-state index contributed by atoms with van der Waals surface area (Å²) in [6, 6.07) is 22.5. The van der Waals surface area contributed by atoms with Crippen molar-refractivity contribution in [2.24, 2.45) is 11.8 Å². The maximum absolute atomic E-state index is 2.70. The van der Waals surface area contributed by atoms with Crippen molar-refractivity contribution in [1.82, 2.24) is 4.90 Å². The van der Waals surface area contributed by atoms with E-state index in [1.54, 1.807) is 0 Å². The van der Waals surface area contributed by atoms with Crippen LogP contribution in [0.25, 0.3) is 0 Å². The van der Waals surface area contributed by atoms with Crippen LogP contribution in [0.15, 0.2) is 60.7 Å². The Kier molecular flexibility index (Phi) is 6.69. The minimum atomic E-state index is 0.400. The quantitative estimate of drug-likeness (QED) is 0.572. The molecule has 0 bridgehead atoms. The standard InChI is InChI=1S/C24H33N/c1-3-20(4-2)19-21-15-17-25(18-16-21)24(22-11-7-5-8-12-22)23-13-9-6-10-14-23/h5-14,20-21,24H,3-4,15-19H2,1-2H3. The van der Waals surface area contributed by atoms with E-state index in [0.717, 1.165) is 11.8 Å². The fourth-order valence-corrected chi connectivity index (χ4v) is 4.42. The van der Waals surface area contributed by atoms with Crippen LogP contribution in [0.4, 0.5) is 0 Å². The maximum Gasteiger partial charge on any atom is 0.0601 e. The van der Waals surface area contributed by atoms with E-state index >= 15 is 0 Å². The molecule has 1 nitrogen and oxygen atoms in total. The molecule has 0 aromatic heterocycles. The van der Waals surface area contributed by atoms with Gasteiger partial charge in [-0.05, 0) is 55.3 Å². The summed E-state index contributed by atoms with van der Waals surface area (Å²) < 4.78 is 0. The SMILES string of the molecule is CCC(CC)CC1CCN(C(c2ccccc2)c2ccccc2)CC1. The minimum Gasteiger partial charge on any atom is -0.292 e. The van der Waals surface area contributed by atoms with Gasteiger partial charge < -0.3 is 0 Å². The third-order valence-corrected chi connectivity index (χ3v) is 6.07. The molecule has 0 N–H and O–H groups in total. The van der Waals surface area contributed by atoms with Gasteiger partial charge in [0.05, 0.1) is 6.04 Å². The number of benzene rings is 2. The second-order valence-electron chi connectivity index (χ2n) is 7.62. The molecule has 2 aromatic carbocycles. The average Bonchev–Trinajstić information content (AvgIpc) is 2.69. The van der Waals surface area contributed by atoms with Gasteiger partial charge >= 0.3 is 0 Å². The number of hydrogen-bond donors (Lipinski definition) is 0. The summed E-state index contributed by atoms with van der Waals surface area (Å²) in [6.07, 6.45) is 6.82. The lowest BCUT2D eigenvalue weighted by Gasteiger charge is -2.39. The predicted octanol–water partition coefficient (Wildman–Crippen LogP) is 6.31. The van der Waals surface area contributed by atoms with Crippen LogP contribution < -0.4 is 0 Å². The molecule has 25 heavy (non-hydrogen) atoms. The lowest BCUT2D eigenvalue weighted by Crippen LogP contribution is -2.37. The van der Waals surface area contributed by atoms with E-state index in [4.69, 9.17) is 0 Å². The highest BCUT2D eigenvalue weighted by atomic mass is 15.2. The number of piperidine rings is 1. The molecule has 0 amide bonds. The number of hydrogen-bond acceptors (Lipinski definition) is 1. The zero-order valence-corrected chi connectivity index (χ0v) is 15.9. The van der Waals surface area contributed by atoms with E-state index in [0.29, 0.717) is 6.04 Å². The van der Waals surface area contributed by atoms with Gasteiger partial charge in [-0.3, -0.25) is 4.90 Å². The van der Waals surface area contributed by atoms with Crippen molar-refractivity contribution >= 4 is 0 Å². The zero-order chi connectivity index (χ0) is 17.5. The lowest BCUT2D eigenvalue weighted by atomic mass is 9.84. The lowest BCUT2D eigenvalue weighted by molar-refractivity contribution is 0.137. The van der Waals surface area contributed by atoms with Crippen LogP contribution in [0.2, 0.25) is 0 Å². The van der Waals surface area contributed by atoms with E-state index in [9.17, 15) is 0 Å². The molecule has 3 rings (SSSR count). The molecule has 0 aliphatic carbocycles. The molecular formula is C24H33N. The Morgan fingerprint density at radius 2 is 1.28 bits per heavy atom. The largest absolute Gasteiger partial charge is 0.292 e. The Labute approximate surface area is 154 Å². The van der Waals surface area contributed by atoms with Gasteiger partial charge in [0.1, 0.15) is 0 Å². The zero-order valence-electron chi connectivity index (χ0n) is 15.9. The first kappa shape index (κ1) is 18.2. The second-order valence-corrected chi connectivity index (χ2v) is 7.62. The molecule has 0 atom stereocenters. The normalized spacial score (nSPS) is 16.6. The van der Waals surface area contributed by atoms with E-state index < -0.39 is 0 Å². The third kappa shape index (κ3) is 4.73. The Morgan fingerprint density at radius 3 is 1.72 bits per heavy atom. The fourth-order valence-electron chi connectivity index (χ4n) is 4.42. The topological polar surface area (TPSA) is 3.24 Å². The molecular weight excluding hydrogens is 302 g/mol. The van der Waals surface area contributed by atoms with Gasteiger partial charge in [0.2, 0.25) is 0 Å². The number of likely N-dealkylation sites (tertiary alicyclic amines) is 1. The second kappa shape index (κ2) is 9.20. The Bertz CT molecular complexity index is 555. The summed E-state index contributed by atoms with van der Waals surface area (Å²) in [5, 5.41) is 0. The fraction of sp³-hybridized carbons (Fsp3) is 0.500. The third-order valence-electron chi connectivity index (χ3n) is 6.07. The molecule has 0 spiro atoms. The van der Waals surface area contributed by atoms with Crippen molar-refractivity contribution in [2.45, 2.75) is 52.0 Å². The van der Waals surface area contributed by atoms with Crippen LogP contribution in [0, 0.1) is 11.8 Å². The van der Waals surface area contributed by atoms with E-state index in [2.05, 4.69) is 79.4 Å². The molecule has 0 saturated carbocycles. The van der Waals surface area contributed by atoms with Gasteiger partial charge in [-0.15, -0.1) is 0 Å². The van der Waals surface area contributed by atoms with Crippen molar-refractivity contribution in [3.8, 4) is 0 Å². The molecule has 0 unspecified atom stereocenters. The van der Waals surface area contributed by atoms with Crippen molar-refractivity contribution in [3.05, 3.63) is 71.8 Å². The molecule has 1 aliphatic heterocycles. The van der Waals surface area contributed by atoms with Crippen LogP contribution in [0.1, 0.15) is 63.1 Å². The van der Waals surface area contributed by atoms with Crippen LogP contribution in [-0.2, 0) is 0 Å². The van der Waals surface area contributed by atoms with Gasteiger partial charge in [-0.25, -0.2) is 0 Å². The van der Waals surface area contributed by atoms with Gasteiger partial charge in [0, 0.05) is 0 Å². The summed E-state index contributed by atoms with van der Waals surface area (Å²) in [7, 11) is 0. The van der Waals surface area contributed by atoms with Gasteiger partial charge in [-0.2, -0.15) is 0 Å². The van der Waals surface area contributed by atoms with Crippen LogP contribution in [0.3, 0.4) is 0 Å². The highest BCUT2D eigenvalue weighted by Crippen LogP contribution is 2.34. The van der Waals surface area contributed by atoms with Crippen molar-refractivity contribution in [3.63, 3.8) is 0 Å². The summed E-state index contributed by atoms with van der Waals surface area (Å²) in [6.45, 7) is 7.15. The molecule has 134 valence electrons. The highest BCUT2D eigenvalue weighted by molar-refractivity contribution is 5.31. The van der Waals surface area contributed by atoms with E-state index in [1.165, 1.54) is 56.3 Å². The first-order chi connectivity index (χ1) is 12.3. The average molecular weight is 336 g/mol. The molecule has 1 fully saturated rings. The van der Waals surface area contributed by atoms with Gasteiger partial charge in [0.25, 0.3) is 0 Å². The van der Waals surface area contributed by atoms with E-state index in [1.807, 2.05) is 0 Å². The molecule has 0 radical (unpaired) electrons. The van der Waals surface area contributed by atoms with Crippen LogP contribution >= 0.6 is 0 Å². The summed E-state index contributed by atoms with van der Waals surface area (Å²) >= 11 is 0. The summed E-state index contributed by atoms with van der Waals surface area (Å²) in [4.78, 5) is 2.70. The summed E-state index contributed by atoms with van der Waals surface area (Å²) in [5.41, 5.74) is 2.85. The smallest absolute Gasteiger partial charge is 0.0601 e. The summed E-state index contributed by atoms with van der Waals surface area (Å²) in [5.74, 6) is 1.85. The molecule has 1 aliphatic rings. The Hall–Kier alpha value is -1.60. The first-order valence-corrected chi connectivity index (χ1v) is 10.2. The predicted molar refractivity (Wildman–Crippen MR) is 108 cm³/mol. The Balaban J connectivity index is 1.71. The van der Waals surface area contributed by atoms with Crippen molar-refractivity contribution in [2.75, 3.05) is 13.1 Å². The molecule has 1 saturated heterocycles. The monoisotopic (exact) mass is 335 g/mol. The van der Waals surface area contributed by atoms with Crippen molar-refractivity contribution in [1.29, 1.82) is 0 Å².